The summed E-state index contributed by atoms with van der Waals surface area (Å²) < 4.78 is 31.5. The Morgan fingerprint density at radius 3 is 2.31 bits per heavy atom. The topological polar surface area (TPSA) is 96.0 Å². The van der Waals surface area contributed by atoms with Crippen molar-refractivity contribution >= 4 is 39.1 Å². The van der Waals surface area contributed by atoms with Crippen molar-refractivity contribution in [2.24, 2.45) is 0 Å². The van der Waals surface area contributed by atoms with Crippen LogP contribution in [0.4, 0.5) is 5.69 Å². The van der Waals surface area contributed by atoms with E-state index >= 15 is 0 Å². The summed E-state index contributed by atoms with van der Waals surface area (Å²) in [5, 5.41) is 3.01. The molecule has 2 aromatic carbocycles. The number of hydrogen-bond donors (Lipinski definition) is 1. The van der Waals surface area contributed by atoms with Crippen molar-refractivity contribution in [1.29, 1.82) is 0 Å². The molecule has 0 unspecified atom stereocenters. The van der Waals surface area contributed by atoms with Crippen LogP contribution in [0, 0.1) is 0 Å². The van der Waals surface area contributed by atoms with Crippen LogP contribution < -0.4 is 14.4 Å². The molecule has 8 nitrogen and oxygen atoms in total. The number of carbonyl (C=O) groups is 2. The highest BCUT2D eigenvalue weighted by Gasteiger charge is 2.32. The van der Waals surface area contributed by atoms with Gasteiger partial charge in [-0.3, -0.25) is 13.9 Å². The molecule has 1 N–H and O–H groups in total. The van der Waals surface area contributed by atoms with Gasteiger partial charge in [-0.05, 0) is 30.2 Å². The number of hydrogen-bond acceptors (Lipinski definition) is 5. The number of halogens is 1. The Labute approximate surface area is 194 Å². The number of sulfonamides is 1. The average molecular weight is 482 g/mol. The van der Waals surface area contributed by atoms with Crippen LogP contribution >= 0.6 is 11.6 Å². The first kappa shape index (κ1) is 25.5. The van der Waals surface area contributed by atoms with Gasteiger partial charge in [0.25, 0.3) is 0 Å². The van der Waals surface area contributed by atoms with E-state index in [1.165, 1.54) is 19.1 Å². The van der Waals surface area contributed by atoms with E-state index in [-0.39, 0.29) is 18.1 Å². The number of benzene rings is 2. The summed E-state index contributed by atoms with van der Waals surface area (Å²) in [6.07, 6.45) is 1.35. The maximum atomic E-state index is 13.5. The molecule has 2 amide bonds. The molecule has 0 saturated carbocycles. The Morgan fingerprint density at radius 1 is 1.12 bits per heavy atom. The molecule has 0 radical (unpaired) electrons. The van der Waals surface area contributed by atoms with E-state index in [0.29, 0.717) is 22.8 Å². The first-order chi connectivity index (χ1) is 15.1. The predicted molar refractivity (Wildman–Crippen MR) is 125 cm³/mol. The number of anilines is 1. The van der Waals surface area contributed by atoms with Gasteiger partial charge in [-0.1, -0.05) is 48.9 Å². The molecule has 0 aromatic heterocycles. The molecular weight excluding hydrogens is 454 g/mol. The van der Waals surface area contributed by atoms with Gasteiger partial charge >= 0.3 is 0 Å². The second kappa shape index (κ2) is 11.2. The summed E-state index contributed by atoms with van der Waals surface area (Å²) in [4.78, 5) is 27.3. The van der Waals surface area contributed by atoms with Gasteiger partial charge in [-0.2, -0.15) is 0 Å². The molecule has 2 aromatic rings. The lowest BCUT2D eigenvalue weighted by atomic mass is 10.1. The fraction of sp³-hybridized carbons (Fsp3) is 0.364. The van der Waals surface area contributed by atoms with Crippen LogP contribution in [0.25, 0.3) is 0 Å². The van der Waals surface area contributed by atoms with E-state index in [9.17, 15) is 18.0 Å². The normalized spacial score (nSPS) is 12.0. The van der Waals surface area contributed by atoms with Gasteiger partial charge in [-0.25, -0.2) is 8.42 Å². The van der Waals surface area contributed by atoms with Gasteiger partial charge in [0.2, 0.25) is 21.8 Å². The van der Waals surface area contributed by atoms with E-state index in [0.717, 1.165) is 10.6 Å². The zero-order valence-electron chi connectivity index (χ0n) is 18.5. The van der Waals surface area contributed by atoms with Crippen LogP contribution in [-0.4, -0.2) is 58.1 Å². The van der Waals surface area contributed by atoms with Crippen LogP contribution in [0.1, 0.15) is 18.9 Å². The van der Waals surface area contributed by atoms with Crippen LogP contribution in [0.2, 0.25) is 5.02 Å². The fourth-order valence-electron chi connectivity index (χ4n) is 3.33. The Balaban J connectivity index is 2.48. The number of nitrogens with one attached hydrogen (secondary N) is 1. The van der Waals surface area contributed by atoms with Gasteiger partial charge in [0.1, 0.15) is 18.3 Å². The van der Waals surface area contributed by atoms with Gasteiger partial charge in [0, 0.05) is 18.6 Å². The second-order valence-corrected chi connectivity index (χ2v) is 9.41. The molecule has 0 saturated heterocycles. The third-order valence-electron chi connectivity index (χ3n) is 4.96. The first-order valence-electron chi connectivity index (χ1n) is 9.99. The monoisotopic (exact) mass is 481 g/mol. The number of rotatable bonds is 10. The van der Waals surface area contributed by atoms with Crippen LogP contribution in [0.15, 0.2) is 48.5 Å². The van der Waals surface area contributed by atoms with Gasteiger partial charge in [0.15, 0.2) is 0 Å². The van der Waals surface area contributed by atoms with Crippen LogP contribution in [-0.2, 0) is 26.2 Å². The Hall–Kier alpha value is -2.78. The lowest BCUT2D eigenvalue weighted by Gasteiger charge is -2.33. The molecule has 0 aliphatic heterocycles. The van der Waals surface area contributed by atoms with E-state index in [1.54, 1.807) is 55.5 Å². The van der Waals surface area contributed by atoms with Crippen molar-refractivity contribution in [3.05, 3.63) is 59.1 Å². The predicted octanol–water partition coefficient (Wildman–Crippen LogP) is 2.67. The summed E-state index contributed by atoms with van der Waals surface area (Å²) in [5.74, 6) is -0.588. The minimum atomic E-state index is -3.84. The minimum Gasteiger partial charge on any atom is -0.495 e. The standard InChI is InChI=1S/C22H28ClN3O5S/c1-5-18(22(28)24-2)25(14-16-10-6-7-11-17(16)23)21(27)15-26(32(4,29)30)19-12-8-9-13-20(19)31-3/h6-13,18H,5,14-15H2,1-4H3,(H,24,28)/t18-/m1/s1. The summed E-state index contributed by atoms with van der Waals surface area (Å²) in [7, 11) is -0.932. The van der Waals surface area contributed by atoms with Crippen molar-refractivity contribution in [3.63, 3.8) is 0 Å². The molecule has 1 atom stereocenters. The highest BCUT2D eigenvalue weighted by Crippen LogP contribution is 2.30. The molecule has 174 valence electrons. The first-order valence-corrected chi connectivity index (χ1v) is 12.2. The number of likely N-dealkylation sites (N-methyl/N-ethyl adjacent to an activating group) is 1. The largest absolute Gasteiger partial charge is 0.495 e. The van der Waals surface area contributed by atoms with E-state index in [4.69, 9.17) is 16.3 Å². The quantitative estimate of drug-likeness (QED) is 0.562. The highest BCUT2D eigenvalue weighted by molar-refractivity contribution is 7.92. The summed E-state index contributed by atoms with van der Waals surface area (Å²) in [6.45, 7) is 1.33. The number of para-hydroxylation sites is 2. The van der Waals surface area contributed by atoms with Crippen LogP contribution in [0.3, 0.4) is 0 Å². The van der Waals surface area contributed by atoms with E-state index in [2.05, 4.69) is 5.32 Å². The van der Waals surface area contributed by atoms with Crippen molar-refractivity contribution < 1.29 is 22.7 Å². The number of methoxy groups -OCH3 is 1. The molecule has 0 heterocycles. The molecule has 0 aliphatic carbocycles. The number of nitrogens with zero attached hydrogens (tertiary/aromatic N) is 2. The van der Waals surface area contributed by atoms with Gasteiger partial charge in [-0.15, -0.1) is 0 Å². The summed E-state index contributed by atoms with van der Waals surface area (Å²) in [6, 6.07) is 12.7. The number of ether oxygens (including phenoxy) is 1. The Bertz CT molecular complexity index is 1060. The van der Waals surface area contributed by atoms with Crippen LogP contribution in [0.5, 0.6) is 5.75 Å². The SMILES string of the molecule is CC[C@H](C(=O)NC)N(Cc1ccccc1Cl)C(=O)CN(c1ccccc1OC)S(C)(=O)=O. The lowest BCUT2D eigenvalue weighted by molar-refractivity contribution is -0.140. The molecule has 0 aliphatic rings. The molecule has 0 bridgehead atoms. The highest BCUT2D eigenvalue weighted by atomic mass is 35.5. The molecule has 2 rings (SSSR count). The average Bonchev–Trinajstić information content (AvgIpc) is 2.77. The molecule has 32 heavy (non-hydrogen) atoms. The summed E-state index contributed by atoms with van der Waals surface area (Å²) >= 11 is 6.29. The van der Waals surface area contributed by atoms with Crippen molar-refractivity contribution in [2.45, 2.75) is 25.9 Å². The van der Waals surface area contributed by atoms with Gasteiger partial charge in [0.05, 0.1) is 19.1 Å². The molecule has 0 fully saturated rings. The van der Waals surface area contributed by atoms with E-state index in [1.807, 2.05) is 0 Å². The maximum absolute atomic E-state index is 13.5. The smallest absolute Gasteiger partial charge is 0.244 e. The molecule has 10 heteroatoms. The zero-order chi connectivity index (χ0) is 23.9. The van der Waals surface area contributed by atoms with E-state index < -0.39 is 28.5 Å². The number of carbonyl (C=O) groups excluding carboxylic acids is 2. The number of amides is 2. The maximum Gasteiger partial charge on any atom is 0.244 e. The second-order valence-electron chi connectivity index (χ2n) is 7.09. The Kier molecular flexibility index (Phi) is 8.91. The molecule has 0 spiro atoms. The van der Waals surface area contributed by atoms with Gasteiger partial charge < -0.3 is 15.0 Å². The fourth-order valence-corrected chi connectivity index (χ4v) is 4.38. The minimum absolute atomic E-state index is 0.0496. The van der Waals surface area contributed by atoms with Crippen molar-refractivity contribution in [2.75, 3.05) is 31.3 Å². The zero-order valence-corrected chi connectivity index (χ0v) is 20.1. The third-order valence-corrected chi connectivity index (χ3v) is 6.46. The Morgan fingerprint density at radius 2 is 1.75 bits per heavy atom. The van der Waals surface area contributed by atoms with Crippen molar-refractivity contribution in [3.8, 4) is 5.75 Å². The summed E-state index contributed by atoms with van der Waals surface area (Å²) in [5.41, 5.74) is 0.879. The third kappa shape index (κ3) is 6.14. The lowest BCUT2D eigenvalue weighted by Crippen LogP contribution is -2.51. The van der Waals surface area contributed by atoms with Crippen molar-refractivity contribution in [1.82, 2.24) is 10.2 Å². The molecular formula is C22H28ClN3O5S.